The number of hydrogen-bond acceptors (Lipinski definition) is 3. The first-order valence-electron chi connectivity index (χ1n) is 4.25. The first kappa shape index (κ1) is 11.7. The van der Waals surface area contributed by atoms with Crippen LogP contribution in [-0.4, -0.2) is 23.0 Å². The average Bonchev–Trinajstić information content (AvgIpc) is 2.17. The molecule has 0 aromatic heterocycles. The number of halogens is 1. The van der Waals surface area contributed by atoms with Gasteiger partial charge in [-0.1, -0.05) is 11.6 Å². The van der Waals surface area contributed by atoms with Crippen molar-refractivity contribution in [3.63, 3.8) is 0 Å². The molecule has 0 bridgehead atoms. The number of aliphatic hydroxyl groups excluding tert-OH is 1. The van der Waals surface area contributed by atoms with Crippen molar-refractivity contribution in [3.05, 3.63) is 34.9 Å². The highest BCUT2D eigenvalue weighted by Gasteiger charge is 2.17. The lowest BCUT2D eigenvalue weighted by Crippen LogP contribution is -2.39. The fraction of sp³-hybridized carbons (Fsp3) is 0.200. The highest BCUT2D eigenvalue weighted by atomic mass is 35.5. The van der Waals surface area contributed by atoms with Crippen LogP contribution in [0.25, 0.3) is 0 Å². The molecule has 0 unspecified atom stereocenters. The summed E-state index contributed by atoms with van der Waals surface area (Å²) in [6, 6.07) is 6.04. The molecule has 1 aromatic rings. The fourth-order valence-corrected chi connectivity index (χ4v) is 1.16. The third-order valence-corrected chi connectivity index (χ3v) is 1.97. The molecule has 0 saturated heterocycles. The highest BCUT2D eigenvalue weighted by Crippen LogP contribution is 2.10. The summed E-state index contributed by atoms with van der Waals surface area (Å²) in [5, 5.41) is 11.9. The summed E-state index contributed by atoms with van der Waals surface area (Å²) in [5.74, 6) is -1.04. The van der Waals surface area contributed by atoms with E-state index in [-0.39, 0.29) is 0 Å². The van der Waals surface area contributed by atoms with E-state index in [1.54, 1.807) is 0 Å². The van der Waals surface area contributed by atoms with Crippen molar-refractivity contribution in [1.29, 1.82) is 0 Å². The van der Waals surface area contributed by atoms with Crippen molar-refractivity contribution in [1.82, 2.24) is 5.32 Å². The molecule has 0 aliphatic rings. The van der Waals surface area contributed by atoms with E-state index in [0.29, 0.717) is 10.6 Å². The molecule has 0 aliphatic heterocycles. The largest absolute Gasteiger partial charge is 0.367 e. The van der Waals surface area contributed by atoms with Crippen molar-refractivity contribution >= 4 is 23.3 Å². The number of benzene rings is 1. The van der Waals surface area contributed by atoms with Crippen molar-refractivity contribution in [2.45, 2.75) is 13.2 Å². The lowest BCUT2D eigenvalue weighted by atomic mass is 10.1. The SMILES string of the molecule is CC(=O)N[C@H](O)C(=O)c1ccc(Cl)cc1. The maximum absolute atomic E-state index is 11.5. The fourth-order valence-electron chi connectivity index (χ4n) is 1.03. The second-order valence-corrected chi connectivity index (χ2v) is 3.41. The molecule has 4 nitrogen and oxygen atoms in total. The average molecular weight is 228 g/mol. The standard InChI is InChI=1S/C10H10ClNO3/c1-6(13)12-10(15)9(14)7-2-4-8(11)5-3-7/h2-5,10,15H,1H3,(H,12,13)/t10-/m1/s1. The third kappa shape index (κ3) is 3.34. The van der Waals surface area contributed by atoms with Gasteiger partial charge in [-0.2, -0.15) is 0 Å². The van der Waals surface area contributed by atoms with Crippen LogP contribution in [0.15, 0.2) is 24.3 Å². The molecule has 0 spiro atoms. The molecule has 15 heavy (non-hydrogen) atoms. The van der Waals surface area contributed by atoms with Crippen LogP contribution in [0.2, 0.25) is 5.02 Å². The number of aliphatic hydroxyl groups is 1. The smallest absolute Gasteiger partial charge is 0.219 e. The van der Waals surface area contributed by atoms with E-state index in [0.717, 1.165) is 0 Å². The van der Waals surface area contributed by atoms with Crippen LogP contribution >= 0.6 is 11.6 Å². The predicted octanol–water partition coefficient (Wildman–Crippen LogP) is 0.977. The molecule has 0 fully saturated rings. The van der Waals surface area contributed by atoms with Crippen LogP contribution in [-0.2, 0) is 4.79 Å². The molecule has 0 heterocycles. The maximum atomic E-state index is 11.5. The Bertz CT molecular complexity index is 375. The van der Waals surface area contributed by atoms with E-state index in [2.05, 4.69) is 5.32 Å². The number of amides is 1. The number of carbonyl (C=O) groups is 2. The van der Waals surface area contributed by atoms with E-state index >= 15 is 0 Å². The van der Waals surface area contributed by atoms with Gasteiger partial charge in [-0.05, 0) is 24.3 Å². The molecule has 80 valence electrons. The second kappa shape index (κ2) is 4.91. The summed E-state index contributed by atoms with van der Waals surface area (Å²) in [6.07, 6.45) is -1.51. The summed E-state index contributed by atoms with van der Waals surface area (Å²) >= 11 is 5.64. The Balaban J connectivity index is 2.76. The molecular formula is C10H10ClNO3. The molecular weight excluding hydrogens is 218 g/mol. The minimum Gasteiger partial charge on any atom is -0.367 e. The van der Waals surface area contributed by atoms with Gasteiger partial charge in [0.05, 0.1) is 0 Å². The lowest BCUT2D eigenvalue weighted by Gasteiger charge is -2.09. The van der Waals surface area contributed by atoms with Crippen molar-refractivity contribution in [2.24, 2.45) is 0 Å². The zero-order valence-corrected chi connectivity index (χ0v) is 8.78. The summed E-state index contributed by atoms with van der Waals surface area (Å²) in [5.41, 5.74) is 0.292. The number of rotatable bonds is 3. The number of Topliss-reactive ketones (excluding diaryl/α,β-unsaturated/α-hetero) is 1. The maximum Gasteiger partial charge on any atom is 0.219 e. The topological polar surface area (TPSA) is 66.4 Å². The molecule has 2 N–H and O–H groups in total. The van der Waals surface area contributed by atoms with E-state index in [1.807, 2.05) is 0 Å². The van der Waals surface area contributed by atoms with Gasteiger partial charge in [0, 0.05) is 17.5 Å². The van der Waals surface area contributed by atoms with Crippen LogP contribution < -0.4 is 5.32 Å². The van der Waals surface area contributed by atoms with Gasteiger partial charge in [-0.3, -0.25) is 9.59 Å². The number of nitrogens with one attached hydrogen (secondary N) is 1. The Morgan fingerprint density at radius 2 is 1.87 bits per heavy atom. The van der Waals surface area contributed by atoms with Crippen LogP contribution in [0.3, 0.4) is 0 Å². The molecule has 1 rings (SSSR count). The van der Waals surface area contributed by atoms with Gasteiger partial charge in [0.15, 0.2) is 6.23 Å². The van der Waals surface area contributed by atoms with E-state index < -0.39 is 17.9 Å². The summed E-state index contributed by atoms with van der Waals surface area (Å²) in [6.45, 7) is 1.22. The van der Waals surface area contributed by atoms with Crippen LogP contribution in [0.1, 0.15) is 17.3 Å². The molecule has 1 atom stereocenters. The van der Waals surface area contributed by atoms with Crippen molar-refractivity contribution < 1.29 is 14.7 Å². The van der Waals surface area contributed by atoms with Crippen LogP contribution in [0, 0.1) is 0 Å². The Labute approximate surface area is 91.9 Å². The minimum absolute atomic E-state index is 0.292. The molecule has 1 amide bonds. The van der Waals surface area contributed by atoms with Crippen LogP contribution in [0.5, 0.6) is 0 Å². The normalized spacial score (nSPS) is 11.9. The van der Waals surface area contributed by atoms with Gasteiger partial charge in [-0.25, -0.2) is 0 Å². The van der Waals surface area contributed by atoms with Gasteiger partial charge in [0.1, 0.15) is 0 Å². The Hall–Kier alpha value is -1.39. The number of ketones is 1. The van der Waals surface area contributed by atoms with Gasteiger partial charge >= 0.3 is 0 Å². The van der Waals surface area contributed by atoms with Crippen molar-refractivity contribution in [2.75, 3.05) is 0 Å². The molecule has 1 aromatic carbocycles. The quantitative estimate of drug-likeness (QED) is 0.598. The minimum atomic E-state index is -1.51. The van der Waals surface area contributed by atoms with Crippen LogP contribution in [0.4, 0.5) is 0 Å². The van der Waals surface area contributed by atoms with E-state index in [4.69, 9.17) is 11.6 Å². The summed E-state index contributed by atoms with van der Waals surface area (Å²) in [4.78, 5) is 22.1. The van der Waals surface area contributed by atoms with E-state index in [9.17, 15) is 14.7 Å². The van der Waals surface area contributed by atoms with Gasteiger partial charge in [-0.15, -0.1) is 0 Å². The molecule has 0 saturated carbocycles. The Morgan fingerprint density at radius 3 is 2.33 bits per heavy atom. The Kier molecular flexibility index (Phi) is 3.82. The Morgan fingerprint density at radius 1 is 1.33 bits per heavy atom. The lowest BCUT2D eigenvalue weighted by molar-refractivity contribution is -0.121. The monoisotopic (exact) mass is 227 g/mol. The zero-order valence-electron chi connectivity index (χ0n) is 8.03. The van der Waals surface area contributed by atoms with Gasteiger partial charge in [0.25, 0.3) is 0 Å². The first-order valence-corrected chi connectivity index (χ1v) is 4.63. The summed E-state index contributed by atoms with van der Waals surface area (Å²) < 4.78 is 0. The molecule has 0 radical (unpaired) electrons. The summed E-state index contributed by atoms with van der Waals surface area (Å²) in [7, 11) is 0. The van der Waals surface area contributed by atoms with Crippen molar-refractivity contribution in [3.8, 4) is 0 Å². The van der Waals surface area contributed by atoms with Gasteiger partial charge < -0.3 is 10.4 Å². The first-order chi connectivity index (χ1) is 7.00. The number of hydrogen-bond donors (Lipinski definition) is 2. The predicted molar refractivity (Wildman–Crippen MR) is 55.6 cm³/mol. The molecule has 5 heteroatoms. The zero-order chi connectivity index (χ0) is 11.4. The highest BCUT2D eigenvalue weighted by molar-refractivity contribution is 6.30. The number of carbonyl (C=O) groups excluding carboxylic acids is 2. The molecule has 0 aliphatic carbocycles. The second-order valence-electron chi connectivity index (χ2n) is 2.97. The van der Waals surface area contributed by atoms with E-state index in [1.165, 1.54) is 31.2 Å². The van der Waals surface area contributed by atoms with Gasteiger partial charge in [0.2, 0.25) is 11.7 Å². The third-order valence-electron chi connectivity index (χ3n) is 1.72.